The van der Waals surface area contributed by atoms with Crippen LogP contribution in [0.25, 0.3) is 0 Å². The lowest BCUT2D eigenvalue weighted by atomic mass is 10.2. The molecule has 0 amide bonds. The van der Waals surface area contributed by atoms with E-state index in [9.17, 15) is 0 Å². The van der Waals surface area contributed by atoms with E-state index in [0.717, 1.165) is 31.1 Å². The molecule has 2 N–H and O–H groups in total. The van der Waals surface area contributed by atoms with Crippen LogP contribution in [-0.4, -0.2) is 30.3 Å². The van der Waals surface area contributed by atoms with E-state index >= 15 is 0 Å². The lowest BCUT2D eigenvalue weighted by molar-refractivity contribution is 0.155. The number of benzene rings is 1. The first kappa shape index (κ1) is 14.7. The molecule has 0 saturated heterocycles. The molecule has 0 atom stereocenters. The number of nitrogens with zero attached hydrogens (tertiary/aromatic N) is 2. The highest BCUT2D eigenvalue weighted by Gasteiger charge is 2.10. The van der Waals surface area contributed by atoms with Gasteiger partial charge < -0.3 is 15.0 Å². The first-order valence-electron chi connectivity index (χ1n) is 6.71. The molecule has 0 aliphatic rings. The molecule has 0 aliphatic carbocycles. The van der Waals surface area contributed by atoms with E-state index in [1.165, 1.54) is 5.56 Å². The number of hydrogen-bond donors (Lipinski definition) is 1. The van der Waals surface area contributed by atoms with Crippen molar-refractivity contribution in [1.29, 1.82) is 0 Å². The summed E-state index contributed by atoms with van der Waals surface area (Å²) in [4.78, 5) is 2.25. The average molecular weight is 275 g/mol. The van der Waals surface area contributed by atoms with Crippen molar-refractivity contribution in [3.8, 4) is 0 Å². The van der Waals surface area contributed by atoms with Crippen molar-refractivity contribution in [3.63, 3.8) is 0 Å². The van der Waals surface area contributed by atoms with E-state index in [-0.39, 0.29) is 0 Å². The van der Waals surface area contributed by atoms with E-state index in [1.807, 2.05) is 24.3 Å². The van der Waals surface area contributed by atoms with Gasteiger partial charge in [-0.15, -0.1) is 0 Å². The number of ether oxygens (including phenoxy) is 1. The van der Waals surface area contributed by atoms with E-state index in [0.29, 0.717) is 13.2 Å². The third-order valence-electron chi connectivity index (χ3n) is 2.97. The van der Waals surface area contributed by atoms with Gasteiger partial charge in [-0.2, -0.15) is 0 Å². The van der Waals surface area contributed by atoms with E-state index in [1.54, 1.807) is 7.11 Å². The molecule has 5 nitrogen and oxygen atoms in total. The summed E-state index contributed by atoms with van der Waals surface area (Å²) >= 11 is 0. The molecule has 2 rings (SSSR count). The van der Waals surface area contributed by atoms with Crippen molar-refractivity contribution in [3.05, 3.63) is 53.4 Å². The molecule has 0 radical (unpaired) electrons. The molecule has 2 aromatic rings. The summed E-state index contributed by atoms with van der Waals surface area (Å²) in [5.74, 6) is 0.745. The average Bonchev–Trinajstić information content (AvgIpc) is 2.88. The molecule has 1 aromatic carbocycles. The quantitative estimate of drug-likeness (QED) is 0.795. The molecular weight excluding hydrogens is 254 g/mol. The predicted octanol–water partition coefficient (Wildman–Crippen LogP) is 1.78. The molecule has 0 saturated carbocycles. The highest BCUT2D eigenvalue weighted by atomic mass is 16.5. The van der Waals surface area contributed by atoms with Crippen LogP contribution in [0.2, 0.25) is 0 Å². The largest absolute Gasteiger partial charge is 0.377 e. The fourth-order valence-electron chi connectivity index (χ4n) is 2.11. The Morgan fingerprint density at radius 2 is 2.05 bits per heavy atom. The maximum absolute atomic E-state index is 5.68. The number of nitrogens with two attached hydrogens (primary N) is 1. The Labute approximate surface area is 119 Å². The second-order valence-electron chi connectivity index (χ2n) is 4.70. The molecule has 0 unspecified atom stereocenters. The maximum atomic E-state index is 5.68. The number of methoxy groups -OCH3 is 1. The Kier molecular flexibility index (Phi) is 5.73. The second-order valence-corrected chi connectivity index (χ2v) is 4.70. The van der Waals surface area contributed by atoms with Crippen LogP contribution in [0.15, 0.2) is 40.9 Å². The monoisotopic (exact) mass is 275 g/mol. The first-order valence-corrected chi connectivity index (χ1v) is 6.71. The molecule has 20 heavy (non-hydrogen) atoms. The summed E-state index contributed by atoms with van der Waals surface area (Å²) in [5.41, 5.74) is 7.85. The molecule has 1 heterocycles. The zero-order valence-electron chi connectivity index (χ0n) is 11.8. The predicted molar refractivity (Wildman–Crippen MR) is 76.8 cm³/mol. The Hall–Kier alpha value is -1.69. The molecule has 108 valence electrons. The molecule has 5 heteroatoms. The Morgan fingerprint density at radius 3 is 2.75 bits per heavy atom. The van der Waals surface area contributed by atoms with Crippen LogP contribution in [0.4, 0.5) is 0 Å². The third kappa shape index (κ3) is 4.45. The van der Waals surface area contributed by atoms with Crippen LogP contribution >= 0.6 is 0 Å². The van der Waals surface area contributed by atoms with Gasteiger partial charge >= 0.3 is 0 Å². The standard InChI is InChI=1S/C15H21N3O2/c1-19-12-15-9-14(17-20-15)11-18(8-7-16)10-13-5-3-2-4-6-13/h2-6,9H,7-8,10-12,16H2,1H3. The van der Waals surface area contributed by atoms with Crippen molar-refractivity contribution in [2.24, 2.45) is 5.73 Å². The van der Waals surface area contributed by atoms with Gasteiger partial charge in [0.25, 0.3) is 0 Å². The fraction of sp³-hybridized carbons (Fsp3) is 0.400. The van der Waals surface area contributed by atoms with Gasteiger partial charge in [0.15, 0.2) is 5.76 Å². The molecule has 0 fully saturated rings. The van der Waals surface area contributed by atoms with Crippen molar-refractivity contribution in [2.75, 3.05) is 20.2 Å². The number of rotatable bonds is 8. The Balaban J connectivity index is 1.97. The van der Waals surface area contributed by atoms with Gasteiger partial charge in [0.2, 0.25) is 0 Å². The zero-order valence-corrected chi connectivity index (χ0v) is 11.8. The van der Waals surface area contributed by atoms with Gasteiger partial charge in [-0.05, 0) is 5.56 Å². The SMILES string of the molecule is COCc1cc(CN(CCN)Cc2ccccc2)no1. The van der Waals surface area contributed by atoms with Crippen molar-refractivity contribution >= 4 is 0 Å². The maximum Gasteiger partial charge on any atom is 0.162 e. The zero-order chi connectivity index (χ0) is 14.2. The molecule has 0 aliphatic heterocycles. The lowest BCUT2D eigenvalue weighted by Crippen LogP contribution is -2.28. The molecule has 0 bridgehead atoms. The number of aromatic nitrogens is 1. The minimum Gasteiger partial charge on any atom is -0.377 e. The van der Waals surface area contributed by atoms with E-state index in [2.05, 4.69) is 22.2 Å². The first-order chi connectivity index (χ1) is 9.81. The van der Waals surface area contributed by atoms with Crippen LogP contribution in [0.3, 0.4) is 0 Å². The summed E-state index contributed by atoms with van der Waals surface area (Å²) in [5, 5.41) is 4.06. The Bertz CT molecular complexity index is 499. The smallest absolute Gasteiger partial charge is 0.162 e. The van der Waals surface area contributed by atoms with Crippen molar-refractivity contribution < 1.29 is 9.26 Å². The molecule has 1 aromatic heterocycles. The lowest BCUT2D eigenvalue weighted by Gasteiger charge is -2.20. The van der Waals surface area contributed by atoms with Crippen LogP contribution in [0.5, 0.6) is 0 Å². The van der Waals surface area contributed by atoms with Gasteiger partial charge in [0.05, 0.1) is 5.69 Å². The van der Waals surface area contributed by atoms with Crippen LogP contribution < -0.4 is 5.73 Å². The van der Waals surface area contributed by atoms with Gasteiger partial charge in [0, 0.05) is 39.4 Å². The highest BCUT2D eigenvalue weighted by molar-refractivity contribution is 5.14. The van der Waals surface area contributed by atoms with E-state index in [4.69, 9.17) is 15.0 Å². The Morgan fingerprint density at radius 1 is 1.25 bits per heavy atom. The summed E-state index contributed by atoms with van der Waals surface area (Å²) < 4.78 is 10.2. The summed E-state index contributed by atoms with van der Waals surface area (Å²) in [6.45, 7) is 3.46. The normalized spacial score (nSPS) is 11.2. The van der Waals surface area contributed by atoms with Crippen LogP contribution in [-0.2, 0) is 24.4 Å². The summed E-state index contributed by atoms with van der Waals surface area (Å²) in [6, 6.07) is 12.3. The van der Waals surface area contributed by atoms with Crippen LogP contribution in [0.1, 0.15) is 17.0 Å². The minimum absolute atomic E-state index is 0.447. The van der Waals surface area contributed by atoms with Gasteiger partial charge in [0.1, 0.15) is 6.61 Å². The summed E-state index contributed by atoms with van der Waals surface area (Å²) in [7, 11) is 1.64. The topological polar surface area (TPSA) is 64.5 Å². The third-order valence-corrected chi connectivity index (χ3v) is 2.97. The van der Waals surface area contributed by atoms with E-state index < -0.39 is 0 Å². The summed E-state index contributed by atoms with van der Waals surface area (Å²) in [6.07, 6.45) is 0. The van der Waals surface area contributed by atoms with Gasteiger partial charge in [-0.25, -0.2) is 0 Å². The van der Waals surface area contributed by atoms with Crippen LogP contribution in [0, 0.1) is 0 Å². The fourth-order valence-corrected chi connectivity index (χ4v) is 2.11. The van der Waals surface area contributed by atoms with Crippen molar-refractivity contribution in [1.82, 2.24) is 10.1 Å². The highest BCUT2D eigenvalue weighted by Crippen LogP contribution is 2.11. The van der Waals surface area contributed by atoms with Gasteiger partial charge in [-0.3, -0.25) is 4.90 Å². The number of hydrogen-bond acceptors (Lipinski definition) is 5. The minimum atomic E-state index is 0.447. The molecule has 0 spiro atoms. The van der Waals surface area contributed by atoms with Crippen molar-refractivity contribution in [2.45, 2.75) is 19.7 Å². The second kappa shape index (κ2) is 7.79. The molecular formula is C15H21N3O2. The van der Waals surface area contributed by atoms with Gasteiger partial charge in [-0.1, -0.05) is 35.5 Å².